The van der Waals surface area contributed by atoms with Crippen molar-refractivity contribution in [1.82, 2.24) is 42.1 Å². The van der Waals surface area contributed by atoms with Crippen molar-refractivity contribution >= 4 is 76.5 Å². The second kappa shape index (κ2) is 33.9. The number of carboxylic acid groups (broad SMARTS) is 1. The number of methoxy groups -OCH3 is 1. The van der Waals surface area contributed by atoms with Crippen LogP contribution in [0.25, 0.3) is 0 Å². The topological polar surface area (TPSA) is 545 Å². The minimum absolute atomic E-state index is 0.0279. The number of nitrogens with zero attached hydrogens (tertiary/aromatic N) is 1. The first kappa shape index (κ1) is 77.6. The number of carboxylic acids is 1. The Morgan fingerprint density at radius 2 is 1.35 bits per heavy atom. The van der Waals surface area contributed by atoms with Gasteiger partial charge in [-0.25, -0.2) is 0 Å². The second-order valence-corrected chi connectivity index (χ2v) is 26.2. The summed E-state index contributed by atoms with van der Waals surface area (Å²) >= 11 is 0. The Kier molecular flexibility index (Phi) is 26.5. The first-order valence-electron chi connectivity index (χ1n) is 32.8. The van der Waals surface area contributed by atoms with Crippen molar-refractivity contribution in [2.75, 3.05) is 33.5 Å². The molecule has 11 unspecified atom stereocenters. The van der Waals surface area contributed by atoms with Gasteiger partial charge in [-0.1, -0.05) is 45.2 Å². The van der Waals surface area contributed by atoms with Crippen molar-refractivity contribution in [1.29, 1.82) is 0 Å². The van der Waals surface area contributed by atoms with Crippen molar-refractivity contribution in [3.8, 4) is 17.2 Å². The van der Waals surface area contributed by atoms with Gasteiger partial charge < -0.3 is 108 Å². The fourth-order valence-electron chi connectivity index (χ4n) is 13.3. The van der Waals surface area contributed by atoms with Crippen molar-refractivity contribution < 1.29 is 122 Å². The van der Waals surface area contributed by atoms with E-state index in [-0.39, 0.29) is 72.6 Å². The predicted octanol–water partition coefficient (Wildman–Crippen LogP) is -3.82. The van der Waals surface area contributed by atoms with Gasteiger partial charge in [-0.05, 0) is 63.9 Å². The predicted molar refractivity (Wildman–Crippen MR) is 339 cm³/mol. The Bertz CT molecular complexity index is 3430. The molecule has 3 fully saturated rings. The number of Topliss-reactive ketones (excluding diaryl/α,β-unsaturated/α-hetero) is 1. The van der Waals surface area contributed by atoms with Crippen LogP contribution in [0.1, 0.15) is 167 Å². The van der Waals surface area contributed by atoms with E-state index in [1.165, 1.54) is 39.2 Å². The second-order valence-electron chi connectivity index (χ2n) is 26.2. The molecule has 7 rings (SSSR count). The zero-order valence-electron chi connectivity index (χ0n) is 55.4. The number of carbonyl (C=O) groups is 13. The van der Waals surface area contributed by atoms with Gasteiger partial charge in [0.15, 0.2) is 17.9 Å². The molecule has 0 radical (unpaired) electrons. The molecular weight excluding hydrogens is 1310 g/mol. The number of primary amides is 1. The molecular formula is C65H89N9O25. The summed E-state index contributed by atoms with van der Waals surface area (Å²) in [5.74, 6) is -15.4. The van der Waals surface area contributed by atoms with E-state index in [0.29, 0.717) is 25.7 Å². The Morgan fingerprint density at radius 1 is 0.737 bits per heavy atom. The Balaban J connectivity index is 1.03. The molecule has 34 heteroatoms. The average Bonchev–Trinajstić information content (AvgIpc) is 1.09. The minimum Gasteiger partial charge on any atom is -0.507 e. The van der Waals surface area contributed by atoms with Gasteiger partial charge in [0.1, 0.15) is 77.9 Å². The molecule has 0 spiro atoms. The largest absolute Gasteiger partial charge is 0.507 e. The van der Waals surface area contributed by atoms with E-state index in [1.54, 1.807) is 13.8 Å². The first-order chi connectivity index (χ1) is 46.8. The summed E-state index contributed by atoms with van der Waals surface area (Å²) in [6.45, 7) is 2.46. The van der Waals surface area contributed by atoms with Gasteiger partial charge in [0, 0.05) is 68.2 Å². The highest BCUT2D eigenvalue weighted by atomic mass is 16.7. The summed E-state index contributed by atoms with van der Waals surface area (Å²) in [6, 6.07) is -8.06. The summed E-state index contributed by atoms with van der Waals surface area (Å²) in [4.78, 5) is 176. The Hall–Kier alpha value is -8.77. The van der Waals surface area contributed by atoms with E-state index >= 15 is 0 Å². The van der Waals surface area contributed by atoms with Gasteiger partial charge in [0.05, 0.1) is 61.4 Å². The SMILES string of the molecule is COc1cccc2c1C(=O)c1c(O)c3c(c(O)c1C2=O)C[C@@](O)(C(=O)CO)CC3OC1CC(NC(=O)[C@H](CC(C)C)NC(=O)C(CO)NC(=O)[C@H](CCC(N)=O)NC(=O)C(NC(=O)C(CO)NC(=O)C(C)NC(=O)C2CC(O)CN2C(=O)CCCC(=O)O)C2CCCCC2)C(O)C(C)O1. The monoisotopic (exact) mass is 1400 g/mol. The molecule has 34 nitrogen and oxygen atoms in total. The smallest absolute Gasteiger partial charge is 0.303 e. The van der Waals surface area contributed by atoms with Crippen LogP contribution in [-0.2, 0) is 68.6 Å². The van der Waals surface area contributed by atoms with Crippen LogP contribution in [0, 0.1) is 11.8 Å². The number of phenolic OH excluding ortho intramolecular Hbond substituents is 2. The van der Waals surface area contributed by atoms with Crippen LogP contribution in [0.15, 0.2) is 18.2 Å². The van der Waals surface area contributed by atoms with Gasteiger partial charge >= 0.3 is 5.97 Å². The molecule has 2 saturated heterocycles. The van der Waals surface area contributed by atoms with Crippen LogP contribution in [0.2, 0.25) is 0 Å². The maximum Gasteiger partial charge on any atom is 0.303 e. The molecule has 3 aliphatic carbocycles. The number of benzene rings is 2. The van der Waals surface area contributed by atoms with Crippen LogP contribution in [-0.4, -0.2) is 239 Å². The van der Waals surface area contributed by atoms with Crippen LogP contribution in [0.5, 0.6) is 17.2 Å². The number of nitrogens with one attached hydrogen (secondary N) is 7. The number of amides is 9. The highest BCUT2D eigenvalue weighted by molar-refractivity contribution is 6.31. The van der Waals surface area contributed by atoms with E-state index in [2.05, 4.69) is 37.2 Å². The summed E-state index contributed by atoms with van der Waals surface area (Å²) in [5.41, 5.74) is 0.557. The van der Waals surface area contributed by atoms with Crippen molar-refractivity contribution in [3.05, 3.63) is 51.6 Å². The van der Waals surface area contributed by atoms with Crippen LogP contribution < -0.4 is 47.7 Å². The summed E-state index contributed by atoms with van der Waals surface area (Å²) in [6.07, 6.45) is -8.07. The number of ether oxygens (including phenoxy) is 3. The van der Waals surface area contributed by atoms with Crippen LogP contribution in [0.3, 0.4) is 0 Å². The number of aliphatic hydroxyl groups excluding tert-OH is 5. The zero-order valence-corrected chi connectivity index (χ0v) is 55.4. The highest BCUT2D eigenvalue weighted by Gasteiger charge is 2.51. The molecule has 2 aromatic rings. The van der Waals surface area contributed by atoms with Gasteiger partial charge in [-0.15, -0.1) is 0 Å². The van der Waals surface area contributed by atoms with Gasteiger partial charge in [-0.2, -0.15) is 0 Å². The third kappa shape index (κ3) is 18.4. The number of aliphatic hydroxyl groups is 6. The molecule has 1 saturated carbocycles. The lowest BCUT2D eigenvalue weighted by molar-refractivity contribution is -0.249. The molecule has 0 bridgehead atoms. The molecule has 2 heterocycles. The minimum atomic E-state index is -2.51. The average molecular weight is 1400 g/mol. The molecule has 2 aliphatic heterocycles. The van der Waals surface area contributed by atoms with E-state index in [1.807, 2.05) is 0 Å². The zero-order chi connectivity index (χ0) is 73.1. The fourth-order valence-corrected chi connectivity index (χ4v) is 13.3. The fraction of sp³-hybridized carbons (Fsp3) is 0.615. The summed E-state index contributed by atoms with van der Waals surface area (Å²) in [7, 11) is 1.25. The molecule has 2 aromatic carbocycles. The quantitative estimate of drug-likeness (QED) is 0.0275. The number of phenols is 2. The maximum absolute atomic E-state index is 14.4. The van der Waals surface area contributed by atoms with Gasteiger partial charge in [-0.3, -0.25) is 62.3 Å². The number of fused-ring (bicyclic) bond motifs is 3. The van der Waals surface area contributed by atoms with E-state index in [4.69, 9.17) is 25.1 Å². The number of likely N-dealkylation sites (tertiary alicyclic amines) is 1. The Labute approximate surface area is 567 Å². The van der Waals surface area contributed by atoms with Gasteiger partial charge in [0.25, 0.3) is 0 Å². The Morgan fingerprint density at radius 3 is 1.97 bits per heavy atom. The first-order valence-corrected chi connectivity index (χ1v) is 32.8. The lowest BCUT2D eigenvalue weighted by Gasteiger charge is -2.43. The number of hydrogen-bond donors (Lipinski definition) is 17. The highest BCUT2D eigenvalue weighted by Crippen LogP contribution is 2.53. The standard InChI is InChI=1S/C65H89N9O25/c1-28(2)19-37(60(91)69-36-21-47(98-30(4)53(36)84)99-42-23-65(96,43(79)27-77)22-34-49(42)57(88)51-50(55(34)86)54(85)33-13-9-14-41(97-5)48(33)56(51)87)70-61(92)38(25-75)72-59(90)35(17-18-44(66)80)68-64(95)52(31-11-7-6-8-12-31)73-62(93)39(26-76)71-58(89)29(3)67-63(94)40-20-32(78)24-74(40)45(81)15-10-16-46(82)83/h9,13-14,28-32,35-40,42,47,52-53,75-78,84,86,88,96H,6-8,10-12,15-27H2,1-5H3,(H2,66,80)(H,67,94)(H,68,95)(H,69,91)(H,70,92)(H,71,89)(H,72,90)(H,73,93)(H,82,83)/t29?,30?,32?,35-,36?,37-,38?,39?,40?,42?,47?,52?,53?,65-/m0/s1. The molecule has 14 atom stereocenters. The van der Waals surface area contributed by atoms with E-state index in [9.17, 15) is 103 Å². The number of aromatic hydroxyl groups is 2. The lowest BCUT2D eigenvalue weighted by Crippen LogP contribution is -2.62. The summed E-state index contributed by atoms with van der Waals surface area (Å²) < 4.78 is 17.7. The van der Waals surface area contributed by atoms with Crippen LogP contribution >= 0.6 is 0 Å². The number of β-amino-alcohol motifs (C(OH)–C–C–N with tert-alkyl or cyclic N) is 1. The van der Waals surface area contributed by atoms with Crippen molar-refractivity contribution in [3.63, 3.8) is 0 Å². The lowest BCUT2D eigenvalue weighted by atomic mass is 9.72. The molecule has 99 heavy (non-hydrogen) atoms. The normalized spacial score (nSPS) is 23.8. The number of aliphatic carboxylic acids is 1. The number of hydrogen-bond acceptors (Lipinski definition) is 24. The molecule has 5 aliphatic rings. The van der Waals surface area contributed by atoms with E-state index in [0.717, 1.165) is 11.3 Å². The number of carbonyl (C=O) groups excluding carboxylic acids is 12. The maximum atomic E-state index is 14.4. The van der Waals surface area contributed by atoms with E-state index < -0.39 is 242 Å². The third-order valence-electron chi connectivity index (χ3n) is 18.5. The molecule has 18 N–H and O–H groups in total. The van der Waals surface area contributed by atoms with Crippen molar-refractivity contribution in [2.45, 2.75) is 209 Å². The van der Waals surface area contributed by atoms with Crippen molar-refractivity contribution in [2.24, 2.45) is 17.6 Å². The van der Waals surface area contributed by atoms with Gasteiger partial charge in [0.2, 0.25) is 58.9 Å². The molecule has 9 amide bonds. The third-order valence-corrected chi connectivity index (χ3v) is 18.5. The number of ketones is 3. The summed E-state index contributed by atoms with van der Waals surface area (Å²) in [5, 5.41) is 115. The molecule has 544 valence electrons. The molecule has 0 aromatic heterocycles. The van der Waals surface area contributed by atoms with Crippen LogP contribution in [0.4, 0.5) is 0 Å². The number of nitrogens with two attached hydrogens (primary N) is 1. The number of rotatable bonds is 31.